The van der Waals surface area contributed by atoms with Crippen LogP contribution in [-0.2, 0) is 68.1 Å². The quantitative estimate of drug-likeness (QED) is 0.0241. The van der Waals surface area contributed by atoms with Crippen LogP contribution in [0.3, 0.4) is 0 Å². The van der Waals surface area contributed by atoms with Gasteiger partial charge in [-0.1, -0.05) is 147 Å². The summed E-state index contributed by atoms with van der Waals surface area (Å²) in [5.74, 6) is 0.450. The Hall–Kier alpha value is -8.43. The fourth-order valence-corrected chi connectivity index (χ4v) is 10.1. The third-order valence-corrected chi connectivity index (χ3v) is 15.3. The number of carboxylic acid groups (broad SMARTS) is 2. The molecule has 4 aromatic rings. The Bertz CT molecular complexity index is 3150. The number of aliphatic carboxylic acids is 2. The second kappa shape index (κ2) is 29.7. The van der Waals surface area contributed by atoms with Crippen LogP contribution >= 0.6 is 0 Å². The Morgan fingerprint density at radius 1 is 0.726 bits per heavy atom. The third kappa shape index (κ3) is 18.3. The van der Waals surface area contributed by atoms with Crippen molar-refractivity contribution >= 4 is 64.6 Å². The summed E-state index contributed by atoms with van der Waals surface area (Å²) in [6.45, 7) is 18.3. The highest BCUT2D eigenvalue weighted by Crippen LogP contribution is 2.31. The van der Waals surface area contributed by atoms with E-state index in [1.807, 2.05) is 97.0 Å². The summed E-state index contributed by atoms with van der Waals surface area (Å²) in [7, 11) is 3.26. The lowest BCUT2D eigenvalue weighted by Crippen LogP contribution is -2.61. The van der Waals surface area contributed by atoms with Crippen LogP contribution < -0.4 is 26.2 Å². The van der Waals surface area contributed by atoms with E-state index < -0.39 is 83.0 Å². The van der Waals surface area contributed by atoms with Crippen LogP contribution in [-0.4, -0.2) is 107 Å². The minimum Gasteiger partial charge on any atom is -0.481 e. The van der Waals surface area contributed by atoms with Gasteiger partial charge in [-0.05, 0) is 90.2 Å². The lowest BCUT2D eigenvalue weighted by Gasteiger charge is -2.40. The number of Topliss-reactive ketones (excluding diaryl/α,β-unsaturated/α-hetero) is 2. The van der Waals surface area contributed by atoms with Gasteiger partial charge in [0.2, 0.25) is 23.6 Å². The summed E-state index contributed by atoms with van der Waals surface area (Å²) in [6.07, 6.45) is -0.311. The summed E-state index contributed by atoms with van der Waals surface area (Å²) in [6, 6.07) is 25.0. The monoisotopic (exact) mass is 1150 g/mol. The van der Waals surface area contributed by atoms with Crippen LogP contribution in [0.1, 0.15) is 135 Å². The van der Waals surface area contributed by atoms with Gasteiger partial charge in [-0.3, -0.25) is 38.9 Å². The average Bonchev–Trinajstić information content (AvgIpc) is 3.49. The van der Waals surface area contributed by atoms with Crippen LogP contribution in [0.25, 0.3) is 0 Å². The van der Waals surface area contributed by atoms with Gasteiger partial charge in [0.25, 0.3) is 0 Å². The molecule has 5 atom stereocenters. The van der Waals surface area contributed by atoms with E-state index in [1.165, 1.54) is 11.8 Å². The predicted molar refractivity (Wildman–Crippen MR) is 321 cm³/mol. The molecule has 4 aromatic carbocycles. The number of amides is 5. The topological polar surface area (TPSA) is 258 Å². The Kier molecular flexibility index (Phi) is 23.5. The summed E-state index contributed by atoms with van der Waals surface area (Å²) in [5.41, 5.74) is 3.90. The summed E-state index contributed by atoms with van der Waals surface area (Å²) in [4.78, 5) is 123. The predicted octanol–water partition coefficient (Wildman–Crippen LogP) is 8.77. The average molecular weight is 1150 g/mol. The molecule has 84 heavy (non-hydrogen) atoms. The van der Waals surface area contributed by atoms with E-state index in [0.29, 0.717) is 28.1 Å². The van der Waals surface area contributed by atoms with Gasteiger partial charge in [-0.2, -0.15) is 0 Å². The molecule has 5 rings (SSSR count). The first-order chi connectivity index (χ1) is 39.5. The molecule has 0 aromatic heterocycles. The van der Waals surface area contributed by atoms with E-state index in [9.17, 15) is 53.4 Å². The molecule has 0 radical (unpaired) electrons. The first-order valence-corrected chi connectivity index (χ1v) is 28.4. The second-order valence-corrected chi connectivity index (χ2v) is 23.8. The highest BCUT2D eigenvalue weighted by molar-refractivity contribution is 5.98. The zero-order valence-corrected chi connectivity index (χ0v) is 50.4. The minimum absolute atomic E-state index is 0.101. The number of benzene rings is 4. The van der Waals surface area contributed by atoms with Crippen molar-refractivity contribution in [2.24, 2.45) is 23.2 Å². The number of ketones is 2. The molecule has 6 N–H and O–H groups in total. The third-order valence-electron chi connectivity index (χ3n) is 15.3. The van der Waals surface area contributed by atoms with Crippen LogP contribution in [0.4, 0.5) is 16.2 Å². The van der Waals surface area contributed by atoms with Crippen molar-refractivity contribution in [2.75, 3.05) is 24.3 Å². The molecule has 18 nitrogen and oxygen atoms in total. The summed E-state index contributed by atoms with van der Waals surface area (Å²) in [5, 5.41) is 30.6. The summed E-state index contributed by atoms with van der Waals surface area (Å²) >= 11 is 0. The Labute approximate surface area is 493 Å². The first-order valence-electron chi connectivity index (χ1n) is 28.4. The van der Waals surface area contributed by atoms with Gasteiger partial charge in [-0.15, -0.1) is 0 Å². The standard InChI is InChI=1S/C66H82N6O12/c1-40(2)51(37-50(73)31-33-56(75)72-38-47-19-14-13-17-45(47)25-26-46-18-15-16-20-53(46)72)60(78)69-52(32-34-57(76)77)55(74)36-43-21-23-44(24-22-43)39-84-64(83)68-49-29-27-48(28-30-49)66(9,10)58(67-11)61(79)70-59(65(6,7)8)62(80)71(12)54(41(3)4)35-42(5)63(81)82/h13-24,27-30,35,40-41,51-52,54,58-59,67H,31-34,36-39H2,1-12H3,(H,68,83)(H,69,78)(H,70,79)(H,76,77)(H,81,82)/b42-35+/t51-,52-,54+,58?,59+/m0/s1. The summed E-state index contributed by atoms with van der Waals surface area (Å²) < 4.78 is 5.50. The highest BCUT2D eigenvalue weighted by atomic mass is 16.5. The molecule has 1 unspecified atom stereocenters. The van der Waals surface area contributed by atoms with Gasteiger partial charge in [-0.25, -0.2) is 9.59 Å². The Morgan fingerprint density at radius 2 is 1.33 bits per heavy atom. The zero-order valence-electron chi connectivity index (χ0n) is 50.4. The largest absolute Gasteiger partial charge is 0.481 e. The van der Waals surface area contributed by atoms with E-state index in [1.54, 1.807) is 87.4 Å². The molecule has 1 heterocycles. The fraction of sp³-hybridized carbons (Fsp3) is 0.439. The van der Waals surface area contributed by atoms with Gasteiger partial charge < -0.3 is 40.7 Å². The lowest BCUT2D eigenvalue weighted by atomic mass is 9.76. The molecule has 1 aliphatic heterocycles. The number of anilines is 2. The molecule has 0 aliphatic carbocycles. The van der Waals surface area contributed by atoms with Gasteiger partial charge in [0, 0.05) is 72.9 Å². The number of likely N-dealkylation sites (N-methyl/N-ethyl adjacent to an activating group) is 2. The van der Waals surface area contributed by atoms with Crippen LogP contribution in [0.5, 0.6) is 0 Å². The maximum atomic E-state index is 14.1. The van der Waals surface area contributed by atoms with Crippen LogP contribution in [0.2, 0.25) is 0 Å². The molecule has 448 valence electrons. The van der Waals surface area contributed by atoms with Crippen molar-refractivity contribution < 1.29 is 58.1 Å². The molecular formula is C66H82N6O12. The number of hydrogen-bond acceptors (Lipinski definition) is 11. The van der Waals surface area contributed by atoms with E-state index in [2.05, 4.69) is 33.1 Å². The normalized spacial score (nSPS) is 14.1. The molecule has 18 heteroatoms. The van der Waals surface area contributed by atoms with Crippen molar-refractivity contribution in [3.8, 4) is 11.8 Å². The minimum atomic E-state index is -1.16. The molecule has 5 amide bonds. The first kappa shape index (κ1) is 66.4. The van der Waals surface area contributed by atoms with E-state index in [0.717, 1.165) is 16.7 Å². The number of carbonyl (C=O) groups excluding carboxylic acids is 7. The van der Waals surface area contributed by atoms with Crippen molar-refractivity contribution in [3.63, 3.8) is 0 Å². The van der Waals surface area contributed by atoms with Crippen molar-refractivity contribution in [1.29, 1.82) is 0 Å². The van der Waals surface area contributed by atoms with E-state index in [-0.39, 0.29) is 80.3 Å². The molecule has 0 fully saturated rings. The number of para-hydroxylation sites is 1. The molecule has 1 aliphatic rings. The molecule has 0 saturated carbocycles. The van der Waals surface area contributed by atoms with Gasteiger partial charge in [0.05, 0.1) is 30.4 Å². The number of rotatable bonds is 27. The fourth-order valence-electron chi connectivity index (χ4n) is 10.1. The number of hydrogen-bond donors (Lipinski definition) is 6. The molecule has 0 bridgehead atoms. The smallest absolute Gasteiger partial charge is 0.411 e. The van der Waals surface area contributed by atoms with Crippen LogP contribution in [0.15, 0.2) is 109 Å². The SMILES string of the molecule is CNC(C(=O)N[C@H](C(=O)N(C)[C@H](/C=C(\C)C(=O)O)C(C)C)C(C)(C)C)C(C)(C)c1ccc(NC(=O)OCc2ccc(CC(=O)[C@H](CCC(=O)O)NC(=O)[C@@H](CC(=O)CCC(=O)N3Cc4ccccc4C#Cc4ccccc43)C(C)C)cc2)cc1. The van der Waals surface area contributed by atoms with Crippen LogP contribution in [0, 0.1) is 35.0 Å². The van der Waals surface area contributed by atoms with Crippen molar-refractivity contribution in [3.05, 3.63) is 142 Å². The van der Waals surface area contributed by atoms with Gasteiger partial charge >= 0.3 is 18.0 Å². The Morgan fingerprint density at radius 3 is 1.93 bits per heavy atom. The maximum Gasteiger partial charge on any atom is 0.411 e. The van der Waals surface area contributed by atoms with Crippen molar-refractivity contribution in [2.45, 2.75) is 150 Å². The van der Waals surface area contributed by atoms with E-state index >= 15 is 0 Å². The molecular weight excluding hydrogens is 1070 g/mol. The number of nitrogens with one attached hydrogen (secondary N) is 4. The highest BCUT2D eigenvalue weighted by Gasteiger charge is 2.42. The van der Waals surface area contributed by atoms with Gasteiger partial charge in [0.15, 0.2) is 5.78 Å². The number of carboxylic acids is 2. The number of ether oxygens (including phenoxy) is 1. The zero-order chi connectivity index (χ0) is 62.2. The lowest BCUT2D eigenvalue weighted by molar-refractivity contribution is -0.141. The van der Waals surface area contributed by atoms with E-state index in [4.69, 9.17) is 4.74 Å². The number of nitrogens with zero attached hydrogens (tertiary/aromatic N) is 2. The molecule has 0 saturated heterocycles. The van der Waals surface area contributed by atoms with Crippen molar-refractivity contribution in [1.82, 2.24) is 20.9 Å². The second-order valence-electron chi connectivity index (χ2n) is 23.8. The number of fused-ring (bicyclic) bond motifs is 2. The van der Waals surface area contributed by atoms with Gasteiger partial charge in [0.1, 0.15) is 18.4 Å². The Balaban J connectivity index is 1.14. The number of carbonyl (C=O) groups is 9. The molecule has 0 spiro atoms. The maximum absolute atomic E-state index is 14.1.